The molecular formula is C16H23N3O2. The molecule has 5 nitrogen and oxygen atoms in total. The Morgan fingerprint density at radius 2 is 2.24 bits per heavy atom. The Morgan fingerprint density at radius 1 is 1.33 bits per heavy atom. The van der Waals surface area contributed by atoms with E-state index in [1.54, 1.807) is 13.3 Å². The molecule has 5 heteroatoms. The van der Waals surface area contributed by atoms with Crippen LogP contribution in [0.1, 0.15) is 18.9 Å². The second-order valence-corrected chi connectivity index (χ2v) is 4.71. The lowest BCUT2D eigenvalue weighted by atomic mass is 10.2. The van der Waals surface area contributed by atoms with E-state index >= 15 is 0 Å². The third-order valence-electron chi connectivity index (χ3n) is 3.21. The zero-order valence-electron chi connectivity index (χ0n) is 12.7. The molecular weight excluding hydrogens is 266 g/mol. The first-order valence-corrected chi connectivity index (χ1v) is 7.30. The van der Waals surface area contributed by atoms with Crippen molar-refractivity contribution in [2.45, 2.75) is 26.4 Å². The average Bonchev–Trinajstić information content (AvgIpc) is 3.01. The van der Waals surface area contributed by atoms with Gasteiger partial charge in [0.1, 0.15) is 0 Å². The van der Waals surface area contributed by atoms with Gasteiger partial charge in [-0.3, -0.25) is 0 Å². The van der Waals surface area contributed by atoms with E-state index in [1.807, 2.05) is 31.6 Å². The summed E-state index contributed by atoms with van der Waals surface area (Å²) in [5.74, 6) is 1.62. The Bertz CT molecular complexity index is 526. The van der Waals surface area contributed by atoms with E-state index < -0.39 is 0 Å². The summed E-state index contributed by atoms with van der Waals surface area (Å²) in [6.07, 6.45) is 6.69. The molecule has 2 rings (SSSR count). The van der Waals surface area contributed by atoms with Crippen LogP contribution in [0.5, 0.6) is 11.5 Å². The zero-order valence-corrected chi connectivity index (χ0v) is 12.7. The number of hydrogen-bond acceptors (Lipinski definition) is 4. The number of aromatic nitrogens is 2. The van der Waals surface area contributed by atoms with Crippen LogP contribution in [0.15, 0.2) is 36.9 Å². The fourth-order valence-corrected chi connectivity index (χ4v) is 2.23. The van der Waals surface area contributed by atoms with Crippen molar-refractivity contribution in [2.24, 2.45) is 0 Å². The first kappa shape index (κ1) is 15.4. The molecule has 0 aliphatic carbocycles. The summed E-state index contributed by atoms with van der Waals surface area (Å²) in [6, 6.07) is 5.99. The van der Waals surface area contributed by atoms with Crippen molar-refractivity contribution in [3.8, 4) is 11.5 Å². The summed E-state index contributed by atoms with van der Waals surface area (Å²) < 4.78 is 13.1. The lowest BCUT2D eigenvalue weighted by Crippen LogP contribution is -2.17. The largest absolute Gasteiger partial charge is 0.493 e. The topological polar surface area (TPSA) is 48.3 Å². The van der Waals surface area contributed by atoms with Crippen LogP contribution in [0.25, 0.3) is 0 Å². The van der Waals surface area contributed by atoms with Crippen LogP contribution >= 0.6 is 0 Å². The van der Waals surface area contributed by atoms with Crippen LogP contribution in [-0.4, -0.2) is 29.8 Å². The number of para-hydroxylation sites is 1. The van der Waals surface area contributed by atoms with Crippen molar-refractivity contribution < 1.29 is 9.47 Å². The Hall–Kier alpha value is -2.01. The van der Waals surface area contributed by atoms with Gasteiger partial charge in [0.15, 0.2) is 11.5 Å². The van der Waals surface area contributed by atoms with Gasteiger partial charge in [-0.1, -0.05) is 12.1 Å². The molecule has 1 heterocycles. The van der Waals surface area contributed by atoms with Crippen molar-refractivity contribution in [3.05, 3.63) is 42.5 Å². The molecule has 0 atom stereocenters. The third-order valence-corrected chi connectivity index (χ3v) is 3.21. The van der Waals surface area contributed by atoms with Gasteiger partial charge in [-0.15, -0.1) is 0 Å². The van der Waals surface area contributed by atoms with Crippen molar-refractivity contribution in [3.63, 3.8) is 0 Å². The van der Waals surface area contributed by atoms with Crippen LogP contribution in [0, 0.1) is 0 Å². The molecule has 0 saturated carbocycles. The van der Waals surface area contributed by atoms with E-state index in [2.05, 4.69) is 20.9 Å². The summed E-state index contributed by atoms with van der Waals surface area (Å²) in [5.41, 5.74) is 1.12. The molecule has 0 aliphatic rings. The van der Waals surface area contributed by atoms with E-state index in [9.17, 15) is 0 Å². The van der Waals surface area contributed by atoms with Gasteiger partial charge in [-0.2, -0.15) is 0 Å². The number of nitrogens with zero attached hydrogens (tertiary/aromatic N) is 2. The van der Waals surface area contributed by atoms with Gasteiger partial charge in [-0.25, -0.2) is 4.98 Å². The Balaban J connectivity index is 1.80. The van der Waals surface area contributed by atoms with E-state index in [0.29, 0.717) is 6.61 Å². The first-order valence-electron chi connectivity index (χ1n) is 7.30. The fourth-order valence-electron chi connectivity index (χ4n) is 2.23. The number of methoxy groups -OCH3 is 1. The van der Waals surface area contributed by atoms with Gasteiger partial charge in [0.25, 0.3) is 0 Å². The minimum atomic E-state index is 0.637. The predicted octanol–water partition coefficient (Wildman–Crippen LogP) is 2.47. The van der Waals surface area contributed by atoms with Crippen LogP contribution in [0.3, 0.4) is 0 Å². The summed E-state index contributed by atoms with van der Waals surface area (Å²) in [6.45, 7) is 5.30. The molecule has 1 N–H and O–H groups in total. The van der Waals surface area contributed by atoms with Crippen molar-refractivity contribution in [1.29, 1.82) is 0 Å². The molecule has 0 unspecified atom stereocenters. The highest BCUT2D eigenvalue weighted by Gasteiger charge is 2.09. The molecule has 0 radical (unpaired) electrons. The Morgan fingerprint density at radius 3 is 2.95 bits per heavy atom. The molecule has 0 saturated heterocycles. The quantitative estimate of drug-likeness (QED) is 0.720. The average molecular weight is 289 g/mol. The van der Waals surface area contributed by atoms with Crippen LogP contribution in [0.4, 0.5) is 0 Å². The van der Waals surface area contributed by atoms with Gasteiger partial charge in [-0.05, 0) is 26.0 Å². The number of benzene rings is 1. The highest BCUT2D eigenvalue weighted by Crippen LogP contribution is 2.30. The molecule has 0 fully saturated rings. The van der Waals surface area contributed by atoms with E-state index in [1.165, 1.54) is 0 Å². The zero-order chi connectivity index (χ0) is 14.9. The maximum atomic E-state index is 5.58. The van der Waals surface area contributed by atoms with Gasteiger partial charge in [0, 0.05) is 31.0 Å². The number of hydrogen-bond donors (Lipinski definition) is 1. The maximum Gasteiger partial charge on any atom is 0.165 e. The van der Waals surface area contributed by atoms with Gasteiger partial charge in [0.2, 0.25) is 0 Å². The number of rotatable bonds is 9. The monoisotopic (exact) mass is 289 g/mol. The molecule has 0 bridgehead atoms. The summed E-state index contributed by atoms with van der Waals surface area (Å²) in [5, 5.41) is 3.44. The van der Waals surface area contributed by atoms with Crippen molar-refractivity contribution in [2.75, 3.05) is 20.3 Å². The van der Waals surface area contributed by atoms with E-state index in [4.69, 9.17) is 9.47 Å². The van der Waals surface area contributed by atoms with Gasteiger partial charge in [0.05, 0.1) is 20.0 Å². The molecule has 1 aromatic heterocycles. The van der Waals surface area contributed by atoms with Crippen molar-refractivity contribution in [1.82, 2.24) is 14.9 Å². The van der Waals surface area contributed by atoms with E-state index in [0.717, 1.165) is 43.1 Å². The number of imidazole rings is 1. The smallest absolute Gasteiger partial charge is 0.165 e. The molecule has 21 heavy (non-hydrogen) atoms. The standard InChI is InChI=1S/C16H23N3O2/c1-3-21-15-7-4-6-14(16(15)20-2)12-17-8-5-10-19-11-9-18-13-19/h4,6-7,9,11,13,17H,3,5,8,10,12H2,1-2H3. The molecule has 2 aromatic rings. The molecule has 114 valence electrons. The fraction of sp³-hybridized carbons (Fsp3) is 0.438. The summed E-state index contributed by atoms with van der Waals surface area (Å²) in [7, 11) is 1.68. The number of ether oxygens (including phenoxy) is 2. The highest BCUT2D eigenvalue weighted by molar-refractivity contribution is 5.46. The number of aryl methyl sites for hydroxylation is 1. The SMILES string of the molecule is CCOc1cccc(CNCCCn2ccnc2)c1OC. The molecule has 0 aliphatic heterocycles. The van der Waals surface area contributed by atoms with E-state index in [-0.39, 0.29) is 0 Å². The minimum Gasteiger partial charge on any atom is -0.493 e. The molecule has 1 aromatic carbocycles. The first-order chi connectivity index (χ1) is 10.3. The highest BCUT2D eigenvalue weighted by atomic mass is 16.5. The predicted molar refractivity (Wildman–Crippen MR) is 82.7 cm³/mol. The molecule has 0 amide bonds. The normalized spacial score (nSPS) is 10.6. The van der Waals surface area contributed by atoms with Crippen molar-refractivity contribution >= 4 is 0 Å². The van der Waals surface area contributed by atoms with Crippen LogP contribution in [0.2, 0.25) is 0 Å². The summed E-state index contributed by atoms with van der Waals surface area (Å²) in [4.78, 5) is 4.03. The Kier molecular flexibility index (Phi) is 6.09. The third kappa shape index (κ3) is 4.49. The second kappa shape index (κ2) is 8.32. The van der Waals surface area contributed by atoms with Gasteiger partial charge >= 0.3 is 0 Å². The lowest BCUT2D eigenvalue weighted by Gasteiger charge is -2.14. The minimum absolute atomic E-state index is 0.637. The van der Waals surface area contributed by atoms with Crippen LogP contribution in [-0.2, 0) is 13.1 Å². The summed E-state index contributed by atoms with van der Waals surface area (Å²) >= 11 is 0. The second-order valence-electron chi connectivity index (χ2n) is 4.71. The lowest BCUT2D eigenvalue weighted by molar-refractivity contribution is 0.308. The Labute approximate surface area is 125 Å². The number of nitrogens with one attached hydrogen (secondary N) is 1. The van der Waals surface area contributed by atoms with Gasteiger partial charge < -0.3 is 19.4 Å². The van der Waals surface area contributed by atoms with Crippen LogP contribution < -0.4 is 14.8 Å². The maximum absolute atomic E-state index is 5.58. The molecule has 0 spiro atoms.